The minimum atomic E-state index is -1.03. The molecule has 348 valence electrons. The summed E-state index contributed by atoms with van der Waals surface area (Å²) >= 11 is 12.8. The number of carbonyl (C=O) groups is 4. The molecule has 2 aliphatic rings. The number of imidazole rings is 1. The topological polar surface area (TPSA) is 143 Å². The van der Waals surface area contributed by atoms with E-state index in [2.05, 4.69) is 15.0 Å². The van der Waals surface area contributed by atoms with Crippen LogP contribution >= 0.6 is 23.2 Å². The Morgan fingerprint density at radius 3 is 2.29 bits per heavy atom. The van der Waals surface area contributed by atoms with Gasteiger partial charge in [0, 0.05) is 64.4 Å². The highest BCUT2D eigenvalue weighted by molar-refractivity contribution is 6.30. The van der Waals surface area contributed by atoms with Gasteiger partial charge in [0.15, 0.2) is 11.5 Å². The maximum atomic E-state index is 15.0. The third-order valence-corrected chi connectivity index (χ3v) is 13.3. The van der Waals surface area contributed by atoms with E-state index >= 15 is 4.79 Å². The van der Waals surface area contributed by atoms with Gasteiger partial charge in [0.25, 0.3) is 0 Å². The Bertz CT molecular complexity index is 2500. The van der Waals surface area contributed by atoms with Crippen molar-refractivity contribution in [1.29, 1.82) is 0 Å². The second kappa shape index (κ2) is 21.3. The largest absolute Gasteiger partial charge is 0.454 e. The van der Waals surface area contributed by atoms with Crippen molar-refractivity contribution in [3.8, 4) is 22.9 Å². The number of hydrogen-bond donors (Lipinski definition) is 0. The predicted octanol–water partition coefficient (Wildman–Crippen LogP) is 7.30. The maximum absolute atomic E-state index is 15.0. The Hall–Kier alpha value is -5.67. The number of piperidine rings is 1. The van der Waals surface area contributed by atoms with Gasteiger partial charge in [0.1, 0.15) is 17.3 Å². The van der Waals surface area contributed by atoms with Crippen molar-refractivity contribution >= 4 is 46.7 Å². The summed E-state index contributed by atoms with van der Waals surface area (Å²) in [6, 6.07) is 21.3. The van der Waals surface area contributed by atoms with E-state index in [1.165, 1.54) is 18.2 Å². The lowest BCUT2D eigenvalue weighted by atomic mass is 9.80. The fourth-order valence-electron chi connectivity index (χ4n) is 9.16. The van der Waals surface area contributed by atoms with E-state index in [-0.39, 0.29) is 55.9 Å². The van der Waals surface area contributed by atoms with E-state index in [0.29, 0.717) is 66.0 Å². The summed E-state index contributed by atoms with van der Waals surface area (Å²) in [6.07, 6.45) is 6.47. The number of methoxy groups -OCH3 is 1. The van der Waals surface area contributed by atoms with E-state index in [1.807, 2.05) is 96.2 Å². The van der Waals surface area contributed by atoms with Crippen molar-refractivity contribution in [1.82, 2.24) is 39.1 Å². The minimum absolute atomic E-state index is 0.0181. The Morgan fingerprint density at radius 2 is 1.59 bits per heavy atom. The normalized spacial score (nSPS) is 21.1. The van der Waals surface area contributed by atoms with Gasteiger partial charge in [-0.05, 0) is 82.1 Å². The summed E-state index contributed by atoms with van der Waals surface area (Å²) in [7, 11) is 9.18. The van der Waals surface area contributed by atoms with Crippen LogP contribution in [0.3, 0.4) is 0 Å². The molecule has 7 rings (SSSR count). The zero-order valence-electron chi connectivity index (χ0n) is 38.5. The second-order valence-electron chi connectivity index (χ2n) is 17.8. The second-order valence-corrected chi connectivity index (χ2v) is 18.7. The van der Waals surface area contributed by atoms with Crippen LogP contribution < -0.4 is 4.74 Å². The lowest BCUT2D eigenvalue weighted by molar-refractivity contribution is -0.154. The molecule has 0 unspecified atom stereocenters. The molecule has 0 radical (unpaired) electrons. The van der Waals surface area contributed by atoms with Crippen molar-refractivity contribution in [3.63, 3.8) is 0 Å². The van der Waals surface area contributed by atoms with Crippen LogP contribution in [0.25, 0.3) is 11.4 Å². The fraction of sp³-hybridized carbons (Fsp3) is 0.420. The molecule has 0 N–H and O–H groups in total. The summed E-state index contributed by atoms with van der Waals surface area (Å²) in [4.78, 5) is 80.3. The number of amides is 3. The number of rotatable bonds is 13. The molecule has 2 saturated heterocycles. The number of ether oxygens (including phenoxy) is 2. The zero-order valence-corrected chi connectivity index (χ0v) is 40.0. The van der Waals surface area contributed by atoms with E-state index < -0.39 is 29.3 Å². The third kappa shape index (κ3) is 11.3. The van der Waals surface area contributed by atoms with Crippen molar-refractivity contribution in [2.24, 2.45) is 18.9 Å². The van der Waals surface area contributed by atoms with E-state index in [4.69, 9.17) is 32.7 Å². The lowest BCUT2D eigenvalue weighted by Crippen LogP contribution is -2.63. The maximum Gasteiger partial charge on any atom is 0.228 e. The van der Waals surface area contributed by atoms with Crippen LogP contribution in [0, 0.1) is 11.8 Å². The Kier molecular flexibility index (Phi) is 15.6. The van der Waals surface area contributed by atoms with Gasteiger partial charge in [-0.25, -0.2) is 4.98 Å². The number of ketones is 1. The molecule has 66 heavy (non-hydrogen) atoms. The smallest absolute Gasteiger partial charge is 0.228 e. The summed E-state index contributed by atoms with van der Waals surface area (Å²) in [6.45, 7) is 2.86. The van der Waals surface area contributed by atoms with Crippen molar-refractivity contribution in [2.45, 2.75) is 70.1 Å². The van der Waals surface area contributed by atoms with Crippen LogP contribution in [-0.4, -0.2) is 122 Å². The summed E-state index contributed by atoms with van der Waals surface area (Å²) < 4.78 is 13.9. The van der Waals surface area contributed by atoms with Crippen LogP contribution in [0.5, 0.6) is 11.5 Å². The molecule has 5 aromatic rings. The van der Waals surface area contributed by atoms with E-state index in [9.17, 15) is 14.4 Å². The molecule has 5 heterocycles. The first kappa shape index (κ1) is 48.3. The fourth-order valence-corrected chi connectivity index (χ4v) is 9.43. The first-order chi connectivity index (χ1) is 31.6. The highest BCUT2D eigenvalue weighted by atomic mass is 35.5. The number of likely N-dealkylation sites (N-methyl/N-ethyl adjacent to an activating group) is 1. The van der Waals surface area contributed by atoms with Crippen molar-refractivity contribution < 1.29 is 28.7 Å². The van der Waals surface area contributed by atoms with Crippen LogP contribution in [0.1, 0.15) is 55.3 Å². The van der Waals surface area contributed by atoms with Gasteiger partial charge in [-0.1, -0.05) is 65.7 Å². The average Bonchev–Trinajstić information content (AvgIpc) is 3.66. The molecule has 2 bridgehead atoms. The summed E-state index contributed by atoms with van der Waals surface area (Å²) in [5, 5.41) is 0.891. The van der Waals surface area contributed by atoms with Gasteiger partial charge >= 0.3 is 0 Å². The van der Waals surface area contributed by atoms with Gasteiger partial charge in [-0.3, -0.25) is 29.1 Å². The lowest BCUT2D eigenvalue weighted by Gasteiger charge is -2.50. The van der Waals surface area contributed by atoms with Crippen LogP contribution in [0.4, 0.5) is 0 Å². The molecule has 3 amide bonds. The molecule has 3 aromatic heterocycles. The Balaban J connectivity index is 1.23. The Morgan fingerprint density at radius 1 is 0.833 bits per heavy atom. The first-order valence-electron chi connectivity index (χ1n) is 22.2. The SMILES string of the molecule is COC[C@@H]1CC(=O)[C@H](C)N(Cc2ncc(Cl)cc2Oc2ccc(-c3cnc(CN(C)C)n3C)nc2)C(=O)C[C@@H](Cc2ccccc2)C(=O)N2CCC[C@@](Cc3ccc(Cl)cc3)(C2)N(C)C1=O. The zero-order chi connectivity index (χ0) is 47.1. The molecule has 2 aliphatic heterocycles. The number of halogens is 2. The van der Waals surface area contributed by atoms with Gasteiger partial charge in [-0.2, -0.15) is 0 Å². The number of Topliss-reactive ketones (excluding diaryl/α,β-unsaturated/α-hetero) is 1. The molecular weight excluding hydrogens is 880 g/mol. The molecule has 0 saturated carbocycles. The monoisotopic (exact) mass is 936 g/mol. The van der Waals surface area contributed by atoms with Gasteiger partial charge in [-0.15, -0.1) is 0 Å². The number of aromatic nitrogens is 4. The van der Waals surface area contributed by atoms with Gasteiger partial charge < -0.3 is 33.6 Å². The quantitative estimate of drug-likeness (QED) is 0.118. The van der Waals surface area contributed by atoms with Crippen LogP contribution in [0.2, 0.25) is 10.0 Å². The van der Waals surface area contributed by atoms with Gasteiger partial charge in [0.2, 0.25) is 17.7 Å². The molecule has 4 atom stereocenters. The van der Waals surface area contributed by atoms with E-state index in [1.54, 1.807) is 43.4 Å². The number of benzene rings is 2. The van der Waals surface area contributed by atoms with Gasteiger partial charge in [0.05, 0.1) is 71.9 Å². The third-order valence-electron chi connectivity index (χ3n) is 12.9. The van der Waals surface area contributed by atoms with Crippen LogP contribution in [-0.2, 0) is 56.9 Å². The highest BCUT2D eigenvalue weighted by Gasteiger charge is 2.46. The number of nitrogens with zero attached hydrogens (tertiary/aromatic N) is 8. The predicted molar refractivity (Wildman–Crippen MR) is 253 cm³/mol. The number of carbonyl (C=O) groups excluding carboxylic acids is 4. The van der Waals surface area contributed by atoms with Crippen molar-refractivity contribution in [2.75, 3.05) is 47.9 Å². The number of fused-ring (bicyclic) bond motifs is 2. The van der Waals surface area contributed by atoms with Crippen molar-refractivity contribution in [3.05, 3.63) is 124 Å². The molecule has 2 fully saturated rings. The standard InChI is InChI=1S/C50H58Cl2N8O6/c1-33-44(61)22-37(31-65-6)48(63)58(5)50(25-35-13-15-38(51)16-14-35)19-10-20-59(32-50)49(64)36(21-34-11-8-7-9-12-34)23-47(62)60(33)29-42-45(24-39(52)26-53-42)66-40-17-18-41(54-27-40)43-28-55-46(57(43)4)30-56(2)3/h7-9,11-18,24,26-28,33,36-37H,10,19-23,25,29-32H2,1-6H3/t33-,36+,37-,50+/m0/s1. The number of pyridine rings is 2. The van der Waals surface area contributed by atoms with E-state index in [0.717, 1.165) is 22.6 Å². The molecular formula is C50H58Cl2N8O6. The highest BCUT2D eigenvalue weighted by Crippen LogP contribution is 2.36. The minimum Gasteiger partial charge on any atom is -0.454 e. The molecule has 0 aliphatic carbocycles. The first-order valence-corrected chi connectivity index (χ1v) is 23.0. The van der Waals surface area contributed by atoms with Crippen LogP contribution in [0.15, 0.2) is 91.4 Å². The summed E-state index contributed by atoms with van der Waals surface area (Å²) in [5.41, 5.74) is 2.91. The molecule has 14 nitrogen and oxygen atoms in total. The molecule has 2 aromatic carbocycles. The molecule has 16 heteroatoms. The average molecular weight is 938 g/mol. The Labute approximate surface area is 396 Å². The number of hydrogen-bond acceptors (Lipinski definition) is 10. The molecule has 0 spiro atoms. The summed E-state index contributed by atoms with van der Waals surface area (Å²) in [5.74, 6) is -1.32.